The van der Waals surface area contributed by atoms with E-state index in [1.165, 1.54) is 5.69 Å². The Labute approximate surface area is 146 Å². The fraction of sp³-hybridized carbons (Fsp3) is 0.300. The van der Waals surface area contributed by atoms with E-state index in [4.69, 9.17) is 9.72 Å². The molecule has 0 saturated carbocycles. The third-order valence-corrected chi connectivity index (χ3v) is 5.27. The largest absolute Gasteiger partial charge is 0.361 e. The number of ether oxygens (including phenoxy) is 1. The maximum absolute atomic E-state index is 6.17. The third kappa shape index (κ3) is 2.39. The average Bonchev–Trinajstić information content (AvgIpc) is 3.19. The van der Waals surface area contributed by atoms with Crippen LogP contribution in [0.4, 0.5) is 0 Å². The summed E-state index contributed by atoms with van der Waals surface area (Å²) >= 11 is 0. The Bertz CT molecular complexity index is 912. The maximum Gasteiger partial charge on any atom is 0.159 e. The number of nitrogens with zero attached hydrogens (tertiary/aromatic N) is 4. The molecule has 2 aliphatic heterocycles. The van der Waals surface area contributed by atoms with Gasteiger partial charge in [-0.1, -0.05) is 30.3 Å². The van der Waals surface area contributed by atoms with Crippen molar-refractivity contribution in [3.8, 4) is 11.4 Å². The number of fused-ring (bicyclic) bond motifs is 2. The van der Waals surface area contributed by atoms with Crippen molar-refractivity contribution in [2.75, 3.05) is 13.1 Å². The van der Waals surface area contributed by atoms with Crippen molar-refractivity contribution < 1.29 is 4.74 Å². The lowest BCUT2D eigenvalue weighted by molar-refractivity contribution is -0.145. The average molecular weight is 332 g/mol. The summed E-state index contributed by atoms with van der Waals surface area (Å²) in [6.07, 6.45) is 4.06. The van der Waals surface area contributed by atoms with Gasteiger partial charge in [-0.3, -0.25) is 4.90 Å². The van der Waals surface area contributed by atoms with E-state index in [1.54, 1.807) is 0 Å². The normalized spacial score (nSPS) is 18.3. The molecule has 0 N–H and O–H groups in total. The van der Waals surface area contributed by atoms with Gasteiger partial charge in [0.2, 0.25) is 0 Å². The number of benzene rings is 1. The summed E-state index contributed by atoms with van der Waals surface area (Å²) in [7, 11) is 2.09. The van der Waals surface area contributed by atoms with E-state index in [0.717, 1.165) is 42.3 Å². The topological polar surface area (TPSA) is 43.2 Å². The van der Waals surface area contributed by atoms with E-state index in [-0.39, 0.29) is 5.60 Å². The standard InChI is InChI=1S/C20H20N4O/c1-23-9-5-8-16(23)11-24-13-20(14-24)17-10-21-19(22-18(17)12-25-20)15-6-3-2-4-7-15/h2-10H,11-14H2,1H3. The molecule has 0 atom stereocenters. The quantitative estimate of drug-likeness (QED) is 0.740. The molecule has 1 spiro atoms. The van der Waals surface area contributed by atoms with Gasteiger partial charge in [-0.05, 0) is 12.1 Å². The number of aryl methyl sites for hydroxylation is 1. The van der Waals surface area contributed by atoms with Gasteiger partial charge in [0.15, 0.2) is 5.82 Å². The van der Waals surface area contributed by atoms with Crippen molar-refractivity contribution >= 4 is 0 Å². The summed E-state index contributed by atoms with van der Waals surface area (Å²) in [5, 5.41) is 0. The number of likely N-dealkylation sites (tertiary alicyclic amines) is 1. The summed E-state index contributed by atoms with van der Waals surface area (Å²) in [5.41, 5.74) is 4.35. The molecule has 0 amide bonds. The van der Waals surface area contributed by atoms with Crippen molar-refractivity contribution in [1.82, 2.24) is 19.4 Å². The van der Waals surface area contributed by atoms with Crippen LogP contribution in [0.5, 0.6) is 0 Å². The van der Waals surface area contributed by atoms with Crippen molar-refractivity contribution in [3.05, 3.63) is 71.8 Å². The van der Waals surface area contributed by atoms with E-state index in [0.29, 0.717) is 6.61 Å². The number of aromatic nitrogens is 3. The number of rotatable bonds is 3. The van der Waals surface area contributed by atoms with Gasteiger partial charge >= 0.3 is 0 Å². The van der Waals surface area contributed by atoms with Gasteiger partial charge in [-0.25, -0.2) is 9.97 Å². The Morgan fingerprint density at radius 1 is 1.12 bits per heavy atom. The minimum Gasteiger partial charge on any atom is -0.361 e. The summed E-state index contributed by atoms with van der Waals surface area (Å²) < 4.78 is 8.34. The van der Waals surface area contributed by atoms with Crippen LogP contribution < -0.4 is 0 Å². The first-order chi connectivity index (χ1) is 12.2. The number of hydrogen-bond acceptors (Lipinski definition) is 4. The fourth-order valence-corrected chi connectivity index (χ4v) is 3.86. The molecular formula is C20H20N4O. The van der Waals surface area contributed by atoms with Crippen molar-refractivity contribution in [3.63, 3.8) is 0 Å². The van der Waals surface area contributed by atoms with Crippen LogP contribution in [0.3, 0.4) is 0 Å². The Balaban J connectivity index is 1.35. The predicted molar refractivity (Wildman–Crippen MR) is 94.6 cm³/mol. The van der Waals surface area contributed by atoms with Crippen LogP contribution in [0, 0.1) is 0 Å². The van der Waals surface area contributed by atoms with Crippen molar-refractivity contribution in [1.29, 1.82) is 0 Å². The highest BCUT2D eigenvalue weighted by Gasteiger charge is 2.50. The van der Waals surface area contributed by atoms with Crippen molar-refractivity contribution in [2.24, 2.45) is 7.05 Å². The highest BCUT2D eigenvalue weighted by molar-refractivity contribution is 5.55. The molecule has 2 aromatic heterocycles. The molecule has 5 heteroatoms. The zero-order valence-electron chi connectivity index (χ0n) is 14.2. The van der Waals surface area contributed by atoms with E-state index < -0.39 is 0 Å². The molecule has 5 nitrogen and oxygen atoms in total. The van der Waals surface area contributed by atoms with Crippen LogP contribution in [0.15, 0.2) is 54.9 Å². The van der Waals surface area contributed by atoms with E-state index >= 15 is 0 Å². The molecule has 0 unspecified atom stereocenters. The maximum atomic E-state index is 6.17. The second kappa shape index (κ2) is 5.51. The van der Waals surface area contributed by atoms with Crippen LogP contribution in [0.2, 0.25) is 0 Å². The summed E-state index contributed by atoms with van der Waals surface area (Å²) in [6.45, 7) is 3.33. The molecule has 0 aliphatic carbocycles. The highest BCUT2D eigenvalue weighted by atomic mass is 16.5. The van der Waals surface area contributed by atoms with E-state index in [9.17, 15) is 0 Å². The molecule has 0 bridgehead atoms. The Hall–Kier alpha value is -2.50. The lowest BCUT2D eigenvalue weighted by Crippen LogP contribution is -2.58. The fourth-order valence-electron chi connectivity index (χ4n) is 3.86. The molecule has 3 aromatic rings. The highest BCUT2D eigenvalue weighted by Crippen LogP contribution is 2.43. The molecule has 25 heavy (non-hydrogen) atoms. The second-order valence-electron chi connectivity index (χ2n) is 6.96. The Kier molecular flexibility index (Phi) is 3.26. The van der Waals surface area contributed by atoms with Crippen LogP contribution in [-0.4, -0.2) is 32.5 Å². The molecule has 0 radical (unpaired) electrons. The molecule has 1 fully saturated rings. The van der Waals surface area contributed by atoms with Crippen LogP contribution in [0.1, 0.15) is 17.0 Å². The molecule has 1 aromatic carbocycles. The predicted octanol–water partition coefficient (Wildman–Crippen LogP) is 2.72. The van der Waals surface area contributed by atoms with Gasteiger partial charge in [0, 0.05) is 55.9 Å². The van der Waals surface area contributed by atoms with Crippen LogP contribution in [-0.2, 0) is 30.5 Å². The second-order valence-corrected chi connectivity index (χ2v) is 6.96. The zero-order valence-corrected chi connectivity index (χ0v) is 14.2. The first-order valence-corrected chi connectivity index (χ1v) is 8.62. The summed E-state index contributed by atoms with van der Waals surface area (Å²) in [4.78, 5) is 11.8. The molecule has 5 rings (SSSR count). The summed E-state index contributed by atoms with van der Waals surface area (Å²) in [5.74, 6) is 0.778. The van der Waals surface area contributed by atoms with Crippen molar-refractivity contribution in [2.45, 2.75) is 18.8 Å². The molecule has 2 aliphatic rings. The van der Waals surface area contributed by atoms with Gasteiger partial charge in [-0.2, -0.15) is 0 Å². The first-order valence-electron chi connectivity index (χ1n) is 8.62. The van der Waals surface area contributed by atoms with Gasteiger partial charge < -0.3 is 9.30 Å². The lowest BCUT2D eigenvalue weighted by Gasteiger charge is -2.47. The Morgan fingerprint density at radius 2 is 1.96 bits per heavy atom. The zero-order chi connectivity index (χ0) is 16.9. The minimum absolute atomic E-state index is 0.213. The lowest BCUT2D eigenvalue weighted by atomic mass is 9.87. The SMILES string of the molecule is Cn1cccc1CN1CC2(C1)OCc1nc(-c3ccccc3)ncc12. The monoisotopic (exact) mass is 332 g/mol. The van der Waals surface area contributed by atoms with E-state index in [1.807, 2.05) is 36.5 Å². The smallest absolute Gasteiger partial charge is 0.159 e. The number of hydrogen-bond donors (Lipinski definition) is 0. The van der Waals surface area contributed by atoms with Gasteiger partial charge in [0.1, 0.15) is 5.60 Å². The van der Waals surface area contributed by atoms with Crippen LogP contribution in [0.25, 0.3) is 11.4 Å². The summed E-state index contributed by atoms with van der Waals surface area (Å²) in [6, 6.07) is 14.4. The van der Waals surface area contributed by atoms with Gasteiger partial charge in [0.25, 0.3) is 0 Å². The third-order valence-electron chi connectivity index (χ3n) is 5.27. The van der Waals surface area contributed by atoms with E-state index in [2.05, 4.69) is 39.8 Å². The molecule has 4 heterocycles. The molecular weight excluding hydrogens is 312 g/mol. The molecule has 126 valence electrons. The minimum atomic E-state index is -0.213. The van der Waals surface area contributed by atoms with Crippen LogP contribution >= 0.6 is 0 Å². The Morgan fingerprint density at radius 3 is 2.72 bits per heavy atom. The van der Waals surface area contributed by atoms with Gasteiger partial charge in [0.05, 0.1) is 12.3 Å². The van der Waals surface area contributed by atoms with Gasteiger partial charge in [-0.15, -0.1) is 0 Å². The first kappa shape index (κ1) is 14.8. The molecule has 1 saturated heterocycles.